The number of nitrogens with one attached hydrogen (secondary N) is 2. The topological polar surface area (TPSA) is 105 Å². The summed E-state index contributed by atoms with van der Waals surface area (Å²) in [5, 5.41) is 16.7. The van der Waals surface area contributed by atoms with Crippen molar-refractivity contribution in [2.45, 2.75) is 19.8 Å². The Kier molecular flexibility index (Phi) is 6.56. The summed E-state index contributed by atoms with van der Waals surface area (Å²) in [7, 11) is 0. The van der Waals surface area contributed by atoms with Crippen molar-refractivity contribution in [2.24, 2.45) is 5.92 Å². The van der Waals surface area contributed by atoms with E-state index in [2.05, 4.69) is 10.6 Å². The molecule has 2 aromatic carbocycles. The second kappa shape index (κ2) is 9.29. The van der Waals surface area contributed by atoms with E-state index in [1.807, 2.05) is 35.2 Å². The molecule has 0 spiro atoms. The van der Waals surface area contributed by atoms with Crippen LogP contribution in [-0.2, 0) is 9.59 Å². The summed E-state index contributed by atoms with van der Waals surface area (Å²) in [6.07, 6.45) is 1.61. The molecule has 8 heteroatoms. The number of piperidine rings is 1. The number of para-hydroxylation sites is 1. The zero-order valence-electron chi connectivity index (χ0n) is 16.3. The largest absolute Gasteiger partial charge is 0.326 e. The number of nitro groups is 1. The molecule has 0 bridgehead atoms. The number of rotatable bonds is 6. The fourth-order valence-corrected chi connectivity index (χ4v) is 3.53. The van der Waals surface area contributed by atoms with Gasteiger partial charge in [0.25, 0.3) is 5.69 Å². The number of nitro benzene ring substituents is 1. The highest BCUT2D eigenvalue weighted by molar-refractivity contribution is 5.94. The maximum Gasteiger partial charge on any atom is 0.274 e. The van der Waals surface area contributed by atoms with Gasteiger partial charge < -0.3 is 10.6 Å². The molecule has 0 saturated carbocycles. The van der Waals surface area contributed by atoms with Crippen molar-refractivity contribution in [2.75, 3.05) is 30.3 Å². The molecule has 8 nitrogen and oxygen atoms in total. The number of carbonyl (C=O) groups excluding carboxylic acids is 2. The highest BCUT2D eigenvalue weighted by Gasteiger charge is 2.27. The summed E-state index contributed by atoms with van der Waals surface area (Å²) in [5.74, 6) is -0.482. The van der Waals surface area contributed by atoms with Gasteiger partial charge in [0, 0.05) is 18.3 Å². The summed E-state index contributed by atoms with van der Waals surface area (Å²) < 4.78 is 0. The summed E-state index contributed by atoms with van der Waals surface area (Å²) in [4.78, 5) is 37.5. The highest BCUT2D eigenvalue weighted by Crippen LogP contribution is 2.25. The van der Waals surface area contributed by atoms with Crippen LogP contribution in [0.15, 0.2) is 48.5 Å². The predicted octanol–water partition coefficient (Wildman–Crippen LogP) is 3.19. The summed E-state index contributed by atoms with van der Waals surface area (Å²) >= 11 is 0. The van der Waals surface area contributed by atoms with Gasteiger partial charge in [0.15, 0.2) is 0 Å². The van der Waals surface area contributed by atoms with Crippen LogP contribution in [-0.4, -0.2) is 41.3 Å². The number of anilines is 2. The molecule has 1 fully saturated rings. The van der Waals surface area contributed by atoms with Crippen LogP contribution in [0.4, 0.5) is 17.1 Å². The Hall–Kier alpha value is -3.26. The number of likely N-dealkylation sites (tertiary alicyclic amines) is 1. The highest BCUT2D eigenvalue weighted by atomic mass is 16.6. The second-order valence-corrected chi connectivity index (χ2v) is 7.18. The molecule has 0 radical (unpaired) electrons. The van der Waals surface area contributed by atoms with Gasteiger partial charge >= 0.3 is 0 Å². The number of carbonyl (C=O) groups is 2. The van der Waals surface area contributed by atoms with Gasteiger partial charge in [-0.05, 0) is 44.5 Å². The van der Waals surface area contributed by atoms with Crippen LogP contribution in [0.2, 0.25) is 0 Å². The molecule has 152 valence electrons. The van der Waals surface area contributed by atoms with Gasteiger partial charge in [-0.15, -0.1) is 0 Å². The lowest BCUT2D eigenvalue weighted by Crippen LogP contribution is -2.44. The summed E-state index contributed by atoms with van der Waals surface area (Å²) in [5.41, 5.74) is 1.58. The zero-order valence-corrected chi connectivity index (χ0v) is 16.3. The molecular weight excluding hydrogens is 372 g/mol. The number of hydrogen-bond donors (Lipinski definition) is 2. The van der Waals surface area contributed by atoms with E-state index in [9.17, 15) is 19.7 Å². The lowest BCUT2D eigenvalue weighted by Gasteiger charge is -2.31. The van der Waals surface area contributed by atoms with Gasteiger partial charge in [0.05, 0.1) is 28.6 Å². The van der Waals surface area contributed by atoms with E-state index in [-0.39, 0.29) is 30.0 Å². The van der Waals surface area contributed by atoms with Gasteiger partial charge in [-0.25, -0.2) is 0 Å². The average molecular weight is 396 g/mol. The standard InChI is InChI=1S/C21H24N4O4/c1-15-18(10-5-11-19(15)25(28)29)23-20(26)14-24-12-6-7-16(13-24)21(27)22-17-8-3-2-4-9-17/h2-5,8-11,16H,6-7,12-14H2,1H3,(H,22,27)(H,23,26)/t16-/m1/s1. The van der Waals surface area contributed by atoms with Gasteiger partial charge in [0.1, 0.15) is 0 Å². The lowest BCUT2D eigenvalue weighted by atomic mass is 9.97. The maximum absolute atomic E-state index is 12.5. The first-order valence-electron chi connectivity index (χ1n) is 9.56. The maximum atomic E-state index is 12.5. The van der Waals surface area contributed by atoms with Gasteiger partial charge in [-0.1, -0.05) is 24.3 Å². The molecule has 0 aliphatic carbocycles. The normalized spacial score (nSPS) is 16.8. The molecule has 0 aromatic heterocycles. The van der Waals surface area contributed by atoms with Crippen LogP contribution in [0.5, 0.6) is 0 Å². The molecule has 3 rings (SSSR count). The first-order chi connectivity index (χ1) is 13.9. The molecule has 1 aliphatic heterocycles. The molecule has 1 heterocycles. The molecule has 29 heavy (non-hydrogen) atoms. The third-order valence-corrected chi connectivity index (χ3v) is 5.06. The average Bonchev–Trinajstić information content (AvgIpc) is 2.70. The number of hydrogen-bond acceptors (Lipinski definition) is 5. The van der Waals surface area contributed by atoms with E-state index in [4.69, 9.17) is 0 Å². The molecule has 2 aromatic rings. The van der Waals surface area contributed by atoms with Crippen LogP contribution < -0.4 is 10.6 Å². The fraction of sp³-hybridized carbons (Fsp3) is 0.333. The van der Waals surface area contributed by atoms with Crippen LogP contribution in [0, 0.1) is 23.0 Å². The molecular formula is C21H24N4O4. The quantitative estimate of drug-likeness (QED) is 0.576. The Balaban J connectivity index is 1.56. The van der Waals surface area contributed by atoms with Gasteiger partial charge in [-0.3, -0.25) is 24.6 Å². The fourth-order valence-electron chi connectivity index (χ4n) is 3.53. The zero-order chi connectivity index (χ0) is 20.8. The Bertz CT molecular complexity index is 901. The van der Waals surface area contributed by atoms with Crippen molar-refractivity contribution in [1.82, 2.24) is 4.90 Å². The van der Waals surface area contributed by atoms with Crippen molar-refractivity contribution in [1.29, 1.82) is 0 Å². The number of amides is 2. The van der Waals surface area contributed by atoms with E-state index in [0.29, 0.717) is 17.8 Å². The molecule has 0 unspecified atom stereocenters. The molecule has 1 aliphatic rings. The van der Waals surface area contributed by atoms with Crippen molar-refractivity contribution < 1.29 is 14.5 Å². The van der Waals surface area contributed by atoms with Gasteiger partial charge in [0.2, 0.25) is 11.8 Å². The van der Waals surface area contributed by atoms with Crippen LogP contribution in [0.1, 0.15) is 18.4 Å². The Labute approximate surface area is 169 Å². The van der Waals surface area contributed by atoms with Crippen LogP contribution in [0.3, 0.4) is 0 Å². The van der Waals surface area contributed by atoms with Crippen LogP contribution in [0.25, 0.3) is 0 Å². The Morgan fingerprint density at radius 1 is 1.14 bits per heavy atom. The first-order valence-corrected chi connectivity index (χ1v) is 9.56. The SMILES string of the molecule is Cc1c(NC(=O)CN2CCC[C@@H](C(=O)Nc3ccccc3)C2)cccc1[N+](=O)[O-]. The minimum absolute atomic E-state index is 0.0292. The van der Waals surface area contributed by atoms with Crippen molar-refractivity contribution in [3.63, 3.8) is 0 Å². The van der Waals surface area contributed by atoms with Crippen LogP contribution >= 0.6 is 0 Å². The number of benzene rings is 2. The van der Waals surface area contributed by atoms with Crippen molar-refractivity contribution in [3.05, 3.63) is 64.2 Å². The molecule has 1 atom stereocenters. The first kappa shape index (κ1) is 20.5. The third-order valence-electron chi connectivity index (χ3n) is 5.06. The lowest BCUT2D eigenvalue weighted by molar-refractivity contribution is -0.385. The second-order valence-electron chi connectivity index (χ2n) is 7.18. The predicted molar refractivity (Wildman–Crippen MR) is 111 cm³/mol. The summed E-state index contributed by atoms with van der Waals surface area (Å²) in [6, 6.07) is 13.9. The Morgan fingerprint density at radius 3 is 2.62 bits per heavy atom. The third kappa shape index (κ3) is 5.39. The van der Waals surface area contributed by atoms with E-state index < -0.39 is 4.92 Å². The monoisotopic (exact) mass is 396 g/mol. The number of nitrogens with zero attached hydrogens (tertiary/aromatic N) is 2. The molecule has 2 amide bonds. The van der Waals surface area contributed by atoms with E-state index in [1.165, 1.54) is 6.07 Å². The van der Waals surface area contributed by atoms with Crippen molar-refractivity contribution in [3.8, 4) is 0 Å². The molecule has 2 N–H and O–H groups in total. The van der Waals surface area contributed by atoms with E-state index >= 15 is 0 Å². The summed E-state index contributed by atoms with van der Waals surface area (Å²) in [6.45, 7) is 2.98. The van der Waals surface area contributed by atoms with Gasteiger partial charge in [-0.2, -0.15) is 0 Å². The van der Waals surface area contributed by atoms with Crippen molar-refractivity contribution >= 4 is 28.9 Å². The molecule has 1 saturated heterocycles. The Morgan fingerprint density at radius 2 is 1.90 bits per heavy atom. The minimum Gasteiger partial charge on any atom is -0.326 e. The van der Waals surface area contributed by atoms with E-state index in [0.717, 1.165) is 25.1 Å². The minimum atomic E-state index is -0.467. The van der Waals surface area contributed by atoms with E-state index in [1.54, 1.807) is 19.1 Å². The smallest absolute Gasteiger partial charge is 0.274 e.